The number of amides is 1. The van der Waals surface area contributed by atoms with Gasteiger partial charge < -0.3 is 9.80 Å². The molecule has 1 amide bonds. The Morgan fingerprint density at radius 3 is 2.34 bits per heavy atom. The van der Waals surface area contributed by atoms with Crippen LogP contribution in [0.3, 0.4) is 0 Å². The number of rotatable bonds is 6. The average molecular weight is 489 g/mol. The van der Waals surface area contributed by atoms with E-state index in [1.807, 2.05) is 52.3 Å². The minimum Gasteiger partial charge on any atom is -0.365 e. The van der Waals surface area contributed by atoms with Crippen LogP contribution >= 0.6 is 35.0 Å². The molecule has 1 aromatic heterocycles. The zero-order valence-electron chi connectivity index (χ0n) is 17.3. The van der Waals surface area contributed by atoms with Crippen LogP contribution in [-0.4, -0.2) is 52.5 Å². The van der Waals surface area contributed by atoms with Crippen LogP contribution in [0.4, 0.5) is 5.69 Å². The van der Waals surface area contributed by atoms with Gasteiger partial charge in [0.1, 0.15) is 5.02 Å². The lowest BCUT2D eigenvalue weighted by Gasteiger charge is -2.36. The summed E-state index contributed by atoms with van der Waals surface area (Å²) >= 11 is 13.9. The van der Waals surface area contributed by atoms with E-state index in [-0.39, 0.29) is 16.5 Å². The van der Waals surface area contributed by atoms with E-state index in [9.17, 15) is 9.59 Å². The molecule has 1 saturated heterocycles. The van der Waals surface area contributed by atoms with Crippen molar-refractivity contribution in [2.45, 2.75) is 5.75 Å². The Hall–Kier alpha value is -2.48. The fraction of sp³-hybridized carbons (Fsp3) is 0.261. The Bertz CT molecular complexity index is 1130. The first kappa shape index (κ1) is 22.7. The predicted molar refractivity (Wildman–Crippen MR) is 131 cm³/mol. The number of hydrogen-bond acceptors (Lipinski definition) is 5. The van der Waals surface area contributed by atoms with Crippen molar-refractivity contribution in [3.63, 3.8) is 0 Å². The van der Waals surface area contributed by atoms with Crippen LogP contribution in [-0.2, 0) is 10.5 Å². The van der Waals surface area contributed by atoms with Crippen molar-refractivity contribution in [2.75, 3.05) is 36.8 Å². The number of carbonyl (C=O) groups excluding carboxylic acids is 1. The van der Waals surface area contributed by atoms with Crippen LogP contribution in [0.5, 0.6) is 0 Å². The second-order valence-electron chi connectivity index (χ2n) is 7.38. The van der Waals surface area contributed by atoms with Crippen molar-refractivity contribution in [1.29, 1.82) is 0 Å². The lowest BCUT2D eigenvalue weighted by Crippen LogP contribution is -2.49. The molecule has 1 aliphatic heterocycles. The number of para-hydroxylation sites is 1. The van der Waals surface area contributed by atoms with Gasteiger partial charge in [-0.15, -0.1) is 11.8 Å². The summed E-state index contributed by atoms with van der Waals surface area (Å²) in [4.78, 5) is 29.2. The quantitative estimate of drug-likeness (QED) is 0.522. The number of hydrogen-bond donors (Lipinski definition) is 0. The van der Waals surface area contributed by atoms with E-state index in [1.54, 1.807) is 30.1 Å². The van der Waals surface area contributed by atoms with Gasteiger partial charge in [-0.3, -0.25) is 9.59 Å². The SMILES string of the molecule is O=C(CSCc1ccc(Cl)cc1)N1CCN(c2cnn(-c3ccccc3)c(=O)c2Cl)CC1. The normalized spacial score (nSPS) is 13.9. The molecule has 9 heteroatoms. The Morgan fingerprint density at radius 2 is 1.66 bits per heavy atom. The average Bonchev–Trinajstić information content (AvgIpc) is 2.83. The molecule has 4 rings (SSSR count). The first-order valence-electron chi connectivity index (χ1n) is 10.2. The molecule has 1 aliphatic rings. The van der Waals surface area contributed by atoms with E-state index in [0.717, 1.165) is 11.3 Å². The van der Waals surface area contributed by atoms with E-state index in [0.29, 0.717) is 48.3 Å². The van der Waals surface area contributed by atoms with Gasteiger partial charge >= 0.3 is 0 Å². The Morgan fingerprint density at radius 1 is 0.969 bits per heavy atom. The van der Waals surface area contributed by atoms with Crippen molar-refractivity contribution < 1.29 is 4.79 Å². The molecule has 1 fully saturated rings. The largest absolute Gasteiger partial charge is 0.365 e. The van der Waals surface area contributed by atoms with E-state index in [1.165, 1.54) is 4.68 Å². The van der Waals surface area contributed by atoms with Gasteiger partial charge in [-0.25, -0.2) is 0 Å². The number of piperazine rings is 1. The van der Waals surface area contributed by atoms with Crippen LogP contribution in [0.25, 0.3) is 5.69 Å². The monoisotopic (exact) mass is 488 g/mol. The zero-order valence-corrected chi connectivity index (χ0v) is 19.6. The number of carbonyl (C=O) groups is 1. The second kappa shape index (κ2) is 10.4. The van der Waals surface area contributed by atoms with Crippen LogP contribution in [0.1, 0.15) is 5.56 Å². The Labute approximate surface area is 200 Å². The van der Waals surface area contributed by atoms with Gasteiger partial charge in [-0.1, -0.05) is 53.5 Å². The maximum Gasteiger partial charge on any atom is 0.292 e. The second-order valence-corrected chi connectivity index (χ2v) is 9.18. The third kappa shape index (κ3) is 5.28. The summed E-state index contributed by atoms with van der Waals surface area (Å²) in [5.74, 6) is 1.31. The molecule has 0 unspecified atom stereocenters. The number of benzene rings is 2. The predicted octanol–water partition coefficient (Wildman–Crippen LogP) is 4.12. The zero-order chi connectivity index (χ0) is 22.5. The fourth-order valence-electron chi connectivity index (χ4n) is 3.52. The van der Waals surface area contributed by atoms with E-state index in [4.69, 9.17) is 23.2 Å². The van der Waals surface area contributed by atoms with Gasteiger partial charge in [0.15, 0.2) is 0 Å². The van der Waals surface area contributed by atoms with Crippen molar-refractivity contribution in [2.24, 2.45) is 0 Å². The molecular weight excluding hydrogens is 467 g/mol. The smallest absolute Gasteiger partial charge is 0.292 e. The van der Waals surface area contributed by atoms with Crippen LogP contribution < -0.4 is 10.5 Å². The lowest BCUT2D eigenvalue weighted by molar-refractivity contribution is -0.128. The summed E-state index contributed by atoms with van der Waals surface area (Å²) in [7, 11) is 0. The number of anilines is 1. The van der Waals surface area contributed by atoms with Crippen molar-refractivity contribution >= 4 is 46.6 Å². The summed E-state index contributed by atoms with van der Waals surface area (Å²) in [6.07, 6.45) is 1.62. The summed E-state index contributed by atoms with van der Waals surface area (Å²) in [5.41, 5.74) is 2.06. The summed E-state index contributed by atoms with van der Waals surface area (Å²) in [5, 5.41) is 5.15. The maximum absolute atomic E-state index is 12.7. The number of aromatic nitrogens is 2. The molecule has 32 heavy (non-hydrogen) atoms. The van der Waals surface area contributed by atoms with Crippen LogP contribution in [0.15, 0.2) is 65.6 Å². The summed E-state index contributed by atoms with van der Waals surface area (Å²) < 4.78 is 1.30. The van der Waals surface area contributed by atoms with Crippen molar-refractivity contribution in [3.05, 3.63) is 86.8 Å². The molecule has 0 N–H and O–H groups in total. The molecule has 0 radical (unpaired) electrons. The Balaban J connectivity index is 1.32. The maximum atomic E-state index is 12.7. The summed E-state index contributed by atoms with van der Waals surface area (Å²) in [6, 6.07) is 16.8. The molecular formula is C23H22Cl2N4O2S. The highest BCUT2D eigenvalue weighted by molar-refractivity contribution is 7.99. The van der Waals surface area contributed by atoms with Crippen LogP contribution in [0, 0.1) is 0 Å². The first-order valence-corrected chi connectivity index (χ1v) is 12.1. The highest BCUT2D eigenvalue weighted by Gasteiger charge is 2.24. The van der Waals surface area contributed by atoms with Crippen molar-refractivity contribution in [1.82, 2.24) is 14.7 Å². The molecule has 6 nitrogen and oxygen atoms in total. The van der Waals surface area contributed by atoms with Gasteiger partial charge in [0.2, 0.25) is 5.91 Å². The molecule has 166 valence electrons. The van der Waals surface area contributed by atoms with Crippen LogP contribution in [0.2, 0.25) is 10.0 Å². The molecule has 0 atom stereocenters. The summed E-state index contributed by atoms with van der Waals surface area (Å²) in [6.45, 7) is 2.37. The standard InChI is InChI=1S/C23H22Cl2N4O2S/c24-18-8-6-17(7-9-18)15-32-16-21(30)28-12-10-27(11-13-28)20-14-26-29(23(31)22(20)25)19-4-2-1-3-5-19/h1-9,14H,10-13,15-16H2. The third-order valence-corrected chi connectivity index (χ3v) is 6.88. The van der Waals surface area contributed by atoms with E-state index >= 15 is 0 Å². The first-order chi connectivity index (χ1) is 15.5. The number of thioether (sulfide) groups is 1. The minimum absolute atomic E-state index is 0.118. The number of nitrogens with zero attached hydrogens (tertiary/aromatic N) is 4. The van der Waals surface area contributed by atoms with Crippen molar-refractivity contribution in [3.8, 4) is 5.69 Å². The highest BCUT2D eigenvalue weighted by atomic mass is 35.5. The lowest BCUT2D eigenvalue weighted by atomic mass is 10.2. The third-order valence-electron chi connectivity index (χ3n) is 5.28. The molecule has 2 aromatic carbocycles. The number of halogens is 2. The molecule has 0 aliphatic carbocycles. The minimum atomic E-state index is -0.354. The molecule has 2 heterocycles. The van der Waals surface area contributed by atoms with Gasteiger partial charge in [0, 0.05) is 37.0 Å². The van der Waals surface area contributed by atoms with E-state index in [2.05, 4.69) is 5.10 Å². The van der Waals surface area contributed by atoms with E-state index < -0.39 is 0 Å². The van der Waals surface area contributed by atoms with Gasteiger partial charge in [0.25, 0.3) is 5.56 Å². The van der Waals surface area contributed by atoms with Gasteiger partial charge in [-0.05, 0) is 29.8 Å². The topological polar surface area (TPSA) is 58.4 Å². The molecule has 0 saturated carbocycles. The highest BCUT2D eigenvalue weighted by Crippen LogP contribution is 2.23. The molecule has 0 spiro atoms. The van der Waals surface area contributed by atoms with Gasteiger partial charge in [0.05, 0.1) is 23.3 Å². The molecule has 3 aromatic rings. The molecule has 0 bridgehead atoms. The fourth-order valence-corrected chi connectivity index (χ4v) is 4.78. The Kier molecular flexibility index (Phi) is 7.40. The van der Waals surface area contributed by atoms with Gasteiger partial charge in [-0.2, -0.15) is 9.78 Å².